The fourth-order valence-electron chi connectivity index (χ4n) is 4.09. The molecular formula is C27H34FNO6. The standard InChI is InChI=1S/C27H34FNO6/c1-16(2)26-22(12-11-20(30)13-21(31)14-24(32)35-6)25(18-7-9-19(28)10-8-18)23(15-34-5)27(33)29(26)17(3)4/h7-12,16-17,20,30H,13-15H2,1-6H3. The van der Waals surface area contributed by atoms with E-state index in [1.807, 2.05) is 27.7 Å². The number of hydrogen-bond donors (Lipinski definition) is 1. The van der Waals surface area contributed by atoms with Crippen molar-refractivity contribution < 1.29 is 28.6 Å². The highest BCUT2D eigenvalue weighted by molar-refractivity contribution is 5.95. The molecule has 8 heteroatoms. The van der Waals surface area contributed by atoms with E-state index < -0.39 is 30.1 Å². The highest BCUT2D eigenvalue weighted by Gasteiger charge is 2.25. The Labute approximate surface area is 205 Å². The van der Waals surface area contributed by atoms with Crippen molar-refractivity contribution in [2.45, 2.75) is 65.2 Å². The van der Waals surface area contributed by atoms with E-state index >= 15 is 0 Å². The summed E-state index contributed by atoms with van der Waals surface area (Å²) in [6.07, 6.45) is 1.31. The van der Waals surface area contributed by atoms with E-state index in [1.54, 1.807) is 22.8 Å². The zero-order valence-corrected chi connectivity index (χ0v) is 21.1. The minimum absolute atomic E-state index is 0.0393. The minimum Gasteiger partial charge on any atom is -0.469 e. The third kappa shape index (κ3) is 6.96. The Balaban J connectivity index is 2.75. The number of ether oxygens (including phenoxy) is 2. The second-order valence-corrected chi connectivity index (χ2v) is 8.94. The number of carbonyl (C=O) groups excluding carboxylic acids is 2. The summed E-state index contributed by atoms with van der Waals surface area (Å²) in [6, 6.07) is 5.68. The maximum atomic E-state index is 13.7. The van der Waals surface area contributed by atoms with Crippen molar-refractivity contribution in [1.82, 2.24) is 4.57 Å². The first-order chi connectivity index (χ1) is 16.5. The van der Waals surface area contributed by atoms with Crippen LogP contribution in [0.15, 0.2) is 35.1 Å². The summed E-state index contributed by atoms with van der Waals surface area (Å²) in [4.78, 5) is 37.0. The van der Waals surface area contributed by atoms with Gasteiger partial charge in [-0.15, -0.1) is 0 Å². The highest BCUT2D eigenvalue weighted by atomic mass is 19.1. The van der Waals surface area contributed by atoms with Gasteiger partial charge in [-0.1, -0.05) is 38.1 Å². The van der Waals surface area contributed by atoms with Crippen LogP contribution in [-0.4, -0.2) is 41.7 Å². The molecule has 35 heavy (non-hydrogen) atoms. The lowest BCUT2D eigenvalue weighted by Gasteiger charge is -2.26. The molecule has 1 aromatic carbocycles. The van der Waals surface area contributed by atoms with Crippen LogP contribution in [-0.2, 0) is 25.7 Å². The quantitative estimate of drug-likeness (QED) is 0.373. The van der Waals surface area contributed by atoms with Crippen molar-refractivity contribution in [2.75, 3.05) is 14.2 Å². The van der Waals surface area contributed by atoms with Gasteiger partial charge in [-0.25, -0.2) is 4.39 Å². The summed E-state index contributed by atoms with van der Waals surface area (Å²) in [6.45, 7) is 7.79. The van der Waals surface area contributed by atoms with Gasteiger partial charge in [0.1, 0.15) is 18.0 Å². The monoisotopic (exact) mass is 487 g/mol. The van der Waals surface area contributed by atoms with Gasteiger partial charge in [0.15, 0.2) is 0 Å². The summed E-state index contributed by atoms with van der Waals surface area (Å²) in [5.74, 6) is -1.60. The number of hydrogen-bond acceptors (Lipinski definition) is 6. The Morgan fingerprint density at radius 2 is 1.74 bits per heavy atom. The van der Waals surface area contributed by atoms with E-state index in [9.17, 15) is 23.9 Å². The normalized spacial score (nSPS) is 12.5. The molecule has 0 amide bonds. The van der Waals surface area contributed by atoms with Gasteiger partial charge in [-0.2, -0.15) is 0 Å². The second-order valence-electron chi connectivity index (χ2n) is 8.94. The summed E-state index contributed by atoms with van der Waals surface area (Å²) in [7, 11) is 2.69. The van der Waals surface area contributed by atoms with E-state index in [-0.39, 0.29) is 30.5 Å². The van der Waals surface area contributed by atoms with Gasteiger partial charge in [0, 0.05) is 36.4 Å². The number of benzene rings is 1. The van der Waals surface area contributed by atoms with E-state index in [0.29, 0.717) is 22.3 Å². The van der Waals surface area contributed by atoms with Gasteiger partial charge >= 0.3 is 5.97 Å². The van der Waals surface area contributed by atoms with Crippen molar-refractivity contribution >= 4 is 17.8 Å². The van der Waals surface area contributed by atoms with Crippen molar-refractivity contribution in [3.05, 3.63) is 63.3 Å². The van der Waals surface area contributed by atoms with Gasteiger partial charge in [0.25, 0.3) is 5.56 Å². The highest BCUT2D eigenvalue weighted by Crippen LogP contribution is 2.34. The molecule has 0 bridgehead atoms. The molecule has 1 aromatic heterocycles. The number of aliphatic hydroxyl groups is 1. The lowest BCUT2D eigenvalue weighted by atomic mass is 9.89. The van der Waals surface area contributed by atoms with E-state index in [1.165, 1.54) is 32.4 Å². The van der Waals surface area contributed by atoms with Crippen molar-refractivity contribution in [2.24, 2.45) is 0 Å². The van der Waals surface area contributed by atoms with Gasteiger partial charge in [-0.3, -0.25) is 14.4 Å². The Kier molecular flexibility index (Phi) is 10.1. The molecule has 0 saturated carbocycles. The number of pyridine rings is 1. The van der Waals surface area contributed by atoms with Crippen LogP contribution >= 0.6 is 0 Å². The average Bonchev–Trinajstić information content (AvgIpc) is 2.79. The lowest BCUT2D eigenvalue weighted by Crippen LogP contribution is -2.31. The molecule has 7 nitrogen and oxygen atoms in total. The fraction of sp³-hybridized carbons (Fsp3) is 0.444. The number of esters is 1. The van der Waals surface area contributed by atoms with Crippen molar-refractivity contribution in [3.8, 4) is 11.1 Å². The fourth-order valence-corrected chi connectivity index (χ4v) is 4.09. The first-order valence-electron chi connectivity index (χ1n) is 11.5. The van der Waals surface area contributed by atoms with Crippen LogP contribution in [0.1, 0.15) is 69.3 Å². The van der Waals surface area contributed by atoms with Crippen LogP contribution in [0.4, 0.5) is 4.39 Å². The zero-order chi connectivity index (χ0) is 26.3. The molecule has 0 radical (unpaired) electrons. The van der Waals surface area contributed by atoms with E-state index in [4.69, 9.17) is 4.74 Å². The zero-order valence-electron chi connectivity index (χ0n) is 21.1. The number of methoxy groups -OCH3 is 2. The first-order valence-corrected chi connectivity index (χ1v) is 11.5. The topological polar surface area (TPSA) is 94.8 Å². The molecule has 0 saturated heterocycles. The number of rotatable bonds is 11. The van der Waals surface area contributed by atoms with Gasteiger partial charge in [0.2, 0.25) is 0 Å². The van der Waals surface area contributed by atoms with Gasteiger partial charge in [0.05, 0.1) is 25.4 Å². The third-order valence-corrected chi connectivity index (χ3v) is 5.56. The number of halogens is 1. The Hall–Kier alpha value is -3.10. The number of nitrogens with zero attached hydrogens (tertiary/aromatic N) is 1. The third-order valence-electron chi connectivity index (χ3n) is 5.56. The van der Waals surface area contributed by atoms with E-state index in [0.717, 1.165) is 5.69 Å². The molecule has 1 atom stereocenters. The molecule has 0 spiro atoms. The number of Topliss-reactive ketones (excluding diaryl/α,β-unsaturated/α-hetero) is 1. The summed E-state index contributed by atoms with van der Waals surface area (Å²) in [5.41, 5.74) is 2.84. The first kappa shape index (κ1) is 28.1. The molecule has 2 rings (SSSR count). The van der Waals surface area contributed by atoms with Crippen LogP contribution in [0.2, 0.25) is 0 Å². The Morgan fingerprint density at radius 1 is 1.11 bits per heavy atom. The van der Waals surface area contributed by atoms with Gasteiger partial charge < -0.3 is 19.1 Å². The average molecular weight is 488 g/mol. The summed E-state index contributed by atoms with van der Waals surface area (Å²) in [5, 5.41) is 10.5. The predicted octanol–water partition coefficient (Wildman–Crippen LogP) is 4.40. The molecule has 190 valence electrons. The maximum Gasteiger partial charge on any atom is 0.313 e. The molecule has 0 aliphatic heterocycles. The summed E-state index contributed by atoms with van der Waals surface area (Å²) >= 11 is 0. The van der Waals surface area contributed by atoms with Crippen LogP contribution in [0.25, 0.3) is 17.2 Å². The molecule has 1 N–H and O–H groups in total. The van der Waals surface area contributed by atoms with Crippen molar-refractivity contribution in [3.63, 3.8) is 0 Å². The number of carbonyl (C=O) groups is 2. The molecular weight excluding hydrogens is 453 g/mol. The molecule has 0 aliphatic rings. The molecule has 0 fully saturated rings. The minimum atomic E-state index is -1.15. The number of aromatic nitrogens is 1. The molecule has 1 unspecified atom stereocenters. The van der Waals surface area contributed by atoms with E-state index in [2.05, 4.69) is 4.74 Å². The van der Waals surface area contributed by atoms with Crippen LogP contribution in [0.5, 0.6) is 0 Å². The summed E-state index contributed by atoms with van der Waals surface area (Å²) < 4.78 is 25.3. The predicted molar refractivity (Wildman–Crippen MR) is 133 cm³/mol. The Morgan fingerprint density at radius 3 is 2.26 bits per heavy atom. The molecule has 2 aromatic rings. The van der Waals surface area contributed by atoms with Crippen LogP contribution in [0.3, 0.4) is 0 Å². The van der Waals surface area contributed by atoms with Crippen LogP contribution in [0, 0.1) is 5.82 Å². The Bertz CT molecular complexity index is 1130. The SMILES string of the molecule is COCc1c(-c2ccc(F)cc2)c(C=CC(O)CC(=O)CC(=O)OC)c(C(C)C)n(C(C)C)c1=O. The number of aliphatic hydroxyl groups excluding tert-OH is 1. The smallest absolute Gasteiger partial charge is 0.313 e. The van der Waals surface area contributed by atoms with Gasteiger partial charge in [-0.05, 0) is 37.5 Å². The lowest BCUT2D eigenvalue weighted by molar-refractivity contribution is -0.143. The number of ketones is 1. The van der Waals surface area contributed by atoms with Crippen molar-refractivity contribution in [1.29, 1.82) is 0 Å². The molecule has 0 aliphatic carbocycles. The molecule has 1 heterocycles. The largest absolute Gasteiger partial charge is 0.469 e. The maximum absolute atomic E-state index is 13.7. The second kappa shape index (κ2) is 12.6. The van der Waals surface area contributed by atoms with Crippen LogP contribution < -0.4 is 5.56 Å².